The molecule has 4 heterocycles. The molecule has 1 atom stereocenters. The number of aryl methyl sites for hydroxylation is 2. The van der Waals surface area contributed by atoms with E-state index in [1.807, 2.05) is 38.1 Å². The summed E-state index contributed by atoms with van der Waals surface area (Å²) in [6.45, 7) is 3.92. The largest absolute Gasteiger partial charge is 0.491 e. The van der Waals surface area contributed by atoms with Gasteiger partial charge < -0.3 is 20.2 Å². The number of fused-ring (bicyclic) bond motifs is 6. The van der Waals surface area contributed by atoms with Gasteiger partial charge in [-0.3, -0.25) is 4.79 Å². The lowest BCUT2D eigenvalue weighted by Gasteiger charge is -2.26. The lowest BCUT2D eigenvalue weighted by atomic mass is 9.84. The molecule has 0 fully saturated rings. The number of hydrogen-bond acceptors (Lipinski definition) is 7. The molecule has 8 heteroatoms. The third-order valence-electron chi connectivity index (χ3n) is 6.91. The molecule has 182 valence electrons. The SMILES string of the molecule is CC(C)Oc1ccc([C@@H]2C(C#N)=C(N)Oc3c2c(=O)[nH]c2c3sc3nc4c(cc32)CCCCC4)cc1. The molecule has 3 N–H and O–H groups in total. The Morgan fingerprint density at radius 3 is 2.75 bits per heavy atom. The van der Waals surface area contributed by atoms with Gasteiger partial charge in [0.2, 0.25) is 5.88 Å². The number of nitrogens with one attached hydrogen (secondary N) is 1. The van der Waals surface area contributed by atoms with Gasteiger partial charge in [0, 0.05) is 11.1 Å². The summed E-state index contributed by atoms with van der Waals surface area (Å²) >= 11 is 1.49. The lowest BCUT2D eigenvalue weighted by molar-refractivity contribution is 0.242. The van der Waals surface area contributed by atoms with E-state index < -0.39 is 5.92 Å². The van der Waals surface area contributed by atoms with E-state index >= 15 is 0 Å². The minimum absolute atomic E-state index is 0.0191. The number of hydrogen-bond donors (Lipinski definition) is 2. The highest BCUT2D eigenvalue weighted by molar-refractivity contribution is 7.25. The number of nitriles is 1. The van der Waals surface area contributed by atoms with Gasteiger partial charge in [-0.05, 0) is 68.9 Å². The number of aromatic amines is 1. The molecule has 0 spiro atoms. The highest BCUT2D eigenvalue weighted by Gasteiger charge is 2.35. The predicted molar refractivity (Wildman–Crippen MR) is 141 cm³/mol. The smallest absolute Gasteiger partial charge is 0.256 e. The number of benzene rings is 1. The Morgan fingerprint density at radius 1 is 1.22 bits per heavy atom. The molecule has 1 aliphatic heterocycles. The van der Waals surface area contributed by atoms with E-state index in [1.165, 1.54) is 23.3 Å². The number of aromatic nitrogens is 2. The van der Waals surface area contributed by atoms with Crippen LogP contribution < -0.4 is 20.8 Å². The van der Waals surface area contributed by atoms with Crippen molar-refractivity contribution >= 4 is 31.8 Å². The van der Waals surface area contributed by atoms with Crippen LogP contribution in [0, 0.1) is 11.3 Å². The molecule has 0 saturated heterocycles. The number of nitrogens with two attached hydrogens (primary N) is 1. The fourth-order valence-corrected chi connectivity index (χ4v) is 6.42. The quantitative estimate of drug-likeness (QED) is 0.365. The second kappa shape index (κ2) is 8.68. The maximum absolute atomic E-state index is 13.6. The van der Waals surface area contributed by atoms with Crippen LogP contribution in [-0.2, 0) is 12.8 Å². The fourth-order valence-electron chi connectivity index (χ4n) is 5.29. The van der Waals surface area contributed by atoms with E-state index in [4.69, 9.17) is 20.2 Å². The first-order valence-electron chi connectivity index (χ1n) is 12.3. The minimum Gasteiger partial charge on any atom is -0.491 e. The molecule has 0 amide bonds. The topological polar surface area (TPSA) is 114 Å². The summed E-state index contributed by atoms with van der Waals surface area (Å²) in [6, 6.07) is 11.8. The van der Waals surface area contributed by atoms with Gasteiger partial charge in [-0.1, -0.05) is 18.6 Å². The fraction of sp³-hybridized carbons (Fsp3) is 0.321. The van der Waals surface area contributed by atoms with E-state index in [-0.39, 0.29) is 23.1 Å². The van der Waals surface area contributed by atoms with Crippen molar-refractivity contribution in [1.29, 1.82) is 5.26 Å². The second-order valence-corrected chi connectivity index (χ2v) is 10.7. The summed E-state index contributed by atoms with van der Waals surface area (Å²) in [5.41, 5.74) is 10.5. The maximum atomic E-state index is 13.6. The Bertz CT molecular complexity index is 1640. The Labute approximate surface area is 212 Å². The Kier molecular flexibility index (Phi) is 5.45. The van der Waals surface area contributed by atoms with Crippen LogP contribution in [0.5, 0.6) is 11.5 Å². The minimum atomic E-state index is -0.644. The third-order valence-corrected chi connectivity index (χ3v) is 8.00. The average molecular weight is 499 g/mol. The van der Waals surface area contributed by atoms with Gasteiger partial charge in [0.1, 0.15) is 22.2 Å². The van der Waals surface area contributed by atoms with Crippen LogP contribution in [0.15, 0.2) is 46.6 Å². The molecule has 4 aromatic rings. The average Bonchev–Trinajstić information content (AvgIpc) is 3.03. The van der Waals surface area contributed by atoms with Crippen molar-refractivity contribution in [2.45, 2.75) is 58.0 Å². The molecule has 0 saturated carbocycles. The Hall–Kier alpha value is -3.83. The summed E-state index contributed by atoms with van der Waals surface area (Å²) in [5, 5.41) is 10.9. The third kappa shape index (κ3) is 3.62. The highest BCUT2D eigenvalue weighted by Crippen LogP contribution is 2.47. The molecule has 1 aromatic carbocycles. The molecule has 6 rings (SSSR count). The summed E-state index contributed by atoms with van der Waals surface area (Å²) < 4.78 is 12.6. The molecule has 3 aromatic heterocycles. The van der Waals surface area contributed by atoms with E-state index in [9.17, 15) is 10.1 Å². The predicted octanol–water partition coefficient (Wildman–Crippen LogP) is 5.41. The van der Waals surface area contributed by atoms with E-state index in [0.29, 0.717) is 16.8 Å². The van der Waals surface area contributed by atoms with Crippen LogP contribution in [0.4, 0.5) is 0 Å². The first kappa shape index (κ1) is 22.6. The van der Waals surface area contributed by atoms with Crippen molar-refractivity contribution in [3.05, 3.63) is 74.5 Å². The molecule has 36 heavy (non-hydrogen) atoms. The molecule has 0 radical (unpaired) electrons. The van der Waals surface area contributed by atoms with Gasteiger partial charge in [0.05, 0.1) is 27.8 Å². The molecule has 0 bridgehead atoms. The van der Waals surface area contributed by atoms with Crippen molar-refractivity contribution in [1.82, 2.24) is 9.97 Å². The zero-order valence-electron chi connectivity index (χ0n) is 20.2. The lowest BCUT2D eigenvalue weighted by Crippen LogP contribution is -2.27. The van der Waals surface area contributed by atoms with Gasteiger partial charge in [-0.25, -0.2) is 4.98 Å². The number of thiophene rings is 1. The molecule has 7 nitrogen and oxygen atoms in total. The molecule has 1 aliphatic carbocycles. The van der Waals surface area contributed by atoms with Crippen LogP contribution in [0.25, 0.3) is 20.4 Å². The molecule has 0 unspecified atom stereocenters. The summed E-state index contributed by atoms with van der Waals surface area (Å²) in [4.78, 5) is 22.5. The van der Waals surface area contributed by atoms with E-state index in [0.717, 1.165) is 57.6 Å². The summed E-state index contributed by atoms with van der Waals surface area (Å²) in [6.07, 6.45) is 5.52. The molecular weight excluding hydrogens is 472 g/mol. The number of pyridine rings is 2. The van der Waals surface area contributed by atoms with Crippen LogP contribution in [-0.4, -0.2) is 16.1 Å². The van der Waals surface area contributed by atoms with Crippen molar-refractivity contribution in [2.75, 3.05) is 0 Å². The Balaban J connectivity index is 1.56. The zero-order valence-corrected chi connectivity index (χ0v) is 21.0. The number of ether oxygens (including phenoxy) is 2. The number of H-pyrrole nitrogens is 1. The second-order valence-electron chi connectivity index (χ2n) is 9.67. The molecule has 2 aliphatic rings. The highest BCUT2D eigenvalue weighted by atomic mass is 32.1. The van der Waals surface area contributed by atoms with Crippen LogP contribution in [0.1, 0.15) is 61.4 Å². The monoisotopic (exact) mass is 498 g/mol. The first-order chi connectivity index (χ1) is 17.4. The van der Waals surface area contributed by atoms with Crippen LogP contribution in [0.3, 0.4) is 0 Å². The summed E-state index contributed by atoms with van der Waals surface area (Å²) in [7, 11) is 0. The van der Waals surface area contributed by atoms with Crippen molar-refractivity contribution in [3.8, 4) is 17.6 Å². The van der Waals surface area contributed by atoms with Crippen molar-refractivity contribution in [2.24, 2.45) is 5.73 Å². The van der Waals surface area contributed by atoms with Gasteiger partial charge in [-0.2, -0.15) is 5.26 Å². The first-order valence-corrected chi connectivity index (χ1v) is 13.1. The number of nitrogens with zero attached hydrogens (tertiary/aromatic N) is 2. The van der Waals surface area contributed by atoms with Gasteiger partial charge >= 0.3 is 0 Å². The standard InChI is InChI=1S/C28H26N4O3S/c1-14(2)34-17-10-8-15(9-11-17)21-19(13-29)26(30)35-24-22(21)27(33)32-23-18-12-16-6-4-3-5-7-20(16)31-28(18)36-25(23)24/h8-12,14,21H,3-7,30H2,1-2H3,(H,32,33)/t21-/m1/s1. The van der Waals surface area contributed by atoms with Crippen molar-refractivity contribution < 1.29 is 9.47 Å². The van der Waals surface area contributed by atoms with E-state index in [2.05, 4.69) is 17.1 Å². The van der Waals surface area contributed by atoms with Crippen molar-refractivity contribution in [3.63, 3.8) is 0 Å². The van der Waals surface area contributed by atoms with E-state index in [1.54, 1.807) is 0 Å². The molecular formula is C28H26N4O3S. The summed E-state index contributed by atoms with van der Waals surface area (Å²) in [5.74, 6) is 0.507. The van der Waals surface area contributed by atoms with Gasteiger partial charge in [0.15, 0.2) is 5.75 Å². The normalized spacial score (nSPS) is 17.4. The van der Waals surface area contributed by atoms with Crippen LogP contribution >= 0.6 is 11.3 Å². The van der Waals surface area contributed by atoms with Gasteiger partial charge in [-0.15, -0.1) is 11.3 Å². The number of rotatable bonds is 3. The zero-order chi connectivity index (χ0) is 25.0. The maximum Gasteiger partial charge on any atom is 0.256 e. The Morgan fingerprint density at radius 2 is 2.00 bits per heavy atom. The van der Waals surface area contributed by atoms with Gasteiger partial charge in [0.25, 0.3) is 5.56 Å². The van der Waals surface area contributed by atoms with Crippen LogP contribution in [0.2, 0.25) is 0 Å². The number of allylic oxidation sites excluding steroid dienone is 1.